The summed E-state index contributed by atoms with van der Waals surface area (Å²) in [6.07, 6.45) is 0.547. The summed E-state index contributed by atoms with van der Waals surface area (Å²) in [4.78, 5) is 15.2. The van der Waals surface area contributed by atoms with Gasteiger partial charge in [0.2, 0.25) is 5.78 Å². The van der Waals surface area contributed by atoms with Crippen LogP contribution in [0.15, 0.2) is 43.0 Å². The number of halogens is 1. The van der Waals surface area contributed by atoms with E-state index < -0.39 is 12.1 Å². The molecule has 0 saturated carbocycles. The Kier molecular flexibility index (Phi) is 2.53. The first-order chi connectivity index (χ1) is 7.29. The molecule has 0 aliphatic heterocycles. The van der Waals surface area contributed by atoms with Crippen LogP contribution in [0.25, 0.3) is 0 Å². The summed E-state index contributed by atoms with van der Waals surface area (Å²) in [6.45, 7) is 0. The first-order valence-corrected chi connectivity index (χ1v) is 4.36. The minimum Gasteiger partial charge on any atom is -0.289 e. The van der Waals surface area contributed by atoms with Crippen molar-refractivity contribution < 1.29 is 9.18 Å². The SMILES string of the molecule is O=C(c1ccccc1)C(F)n1cncn1. The fraction of sp³-hybridized carbons (Fsp3) is 0.100. The molecule has 76 valence electrons. The predicted molar refractivity (Wildman–Crippen MR) is 50.9 cm³/mol. The van der Waals surface area contributed by atoms with Crippen LogP contribution < -0.4 is 0 Å². The normalized spacial score (nSPS) is 12.3. The maximum Gasteiger partial charge on any atom is 0.255 e. The zero-order valence-corrected chi connectivity index (χ0v) is 7.75. The van der Waals surface area contributed by atoms with Crippen LogP contribution >= 0.6 is 0 Å². The third kappa shape index (κ3) is 1.90. The van der Waals surface area contributed by atoms with Crippen molar-refractivity contribution in [3.8, 4) is 0 Å². The summed E-state index contributed by atoms with van der Waals surface area (Å²) >= 11 is 0. The van der Waals surface area contributed by atoms with Crippen molar-refractivity contribution in [1.29, 1.82) is 0 Å². The number of rotatable bonds is 3. The van der Waals surface area contributed by atoms with Gasteiger partial charge in [0.15, 0.2) is 0 Å². The monoisotopic (exact) mass is 205 g/mol. The summed E-state index contributed by atoms with van der Waals surface area (Å²) in [5.41, 5.74) is 0.320. The van der Waals surface area contributed by atoms with Gasteiger partial charge in [-0.15, -0.1) is 0 Å². The minimum atomic E-state index is -1.81. The number of ketones is 1. The van der Waals surface area contributed by atoms with Crippen LogP contribution in [0.4, 0.5) is 4.39 Å². The fourth-order valence-electron chi connectivity index (χ4n) is 1.19. The molecule has 0 N–H and O–H groups in total. The van der Waals surface area contributed by atoms with Crippen LogP contribution in [-0.2, 0) is 0 Å². The van der Waals surface area contributed by atoms with E-state index in [4.69, 9.17) is 0 Å². The lowest BCUT2D eigenvalue weighted by Gasteiger charge is -2.06. The Hall–Kier alpha value is -2.04. The average Bonchev–Trinajstić information content (AvgIpc) is 2.82. The summed E-state index contributed by atoms with van der Waals surface area (Å²) in [5, 5.41) is 3.57. The van der Waals surface area contributed by atoms with Gasteiger partial charge in [-0.05, 0) is 0 Å². The van der Waals surface area contributed by atoms with Gasteiger partial charge in [-0.3, -0.25) is 4.79 Å². The predicted octanol–water partition coefficient (Wildman–Crippen LogP) is 1.63. The molecule has 0 bridgehead atoms. The van der Waals surface area contributed by atoms with Gasteiger partial charge in [0.1, 0.15) is 12.7 Å². The molecule has 0 saturated heterocycles. The number of carbonyl (C=O) groups is 1. The van der Waals surface area contributed by atoms with Crippen molar-refractivity contribution in [3.63, 3.8) is 0 Å². The van der Waals surface area contributed by atoms with Crippen molar-refractivity contribution >= 4 is 5.78 Å². The van der Waals surface area contributed by atoms with E-state index in [-0.39, 0.29) is 0 Å². The highest BCUT2D eigenvalue weighted by Crippen LogP contribution is 2.13. The summed E-state index contributed by atoms with van der Waals surface area (Å²) in [7, 11) is 0. The highest BCUT2D eigenvalue weighted by molar-refractivity contribution is 5.97. The molecule has 5 heteroatoms. The second-order valence-corrected chi connectivity index (χ2v) is 2.94. The Morgan fingerprint density at radius 1 is 1.33 bits per heavy atom. The number of carbonyl (C=O) groups excluding carboxylic acids is 1. The van der Waals surface area contributed by atoms with Crippen LogP contribution in [0.3, 0.4) is 0 Å². The van der Waals surface area contributed by atoms with Crippen LogP contribution in [0.1, 0.15) is 16.7 Å². The van der Waals surface area contributed by atoms with Crippen molar-refractivity contribution in [1.82, 2.24) is 14.8 Å². The molecule has 0 aliphatic rings. The van der Waals surface area contributed by atoms with Crippen LogP contribution in [0.2, 0.25) is 0 Å². The van der Waals surface area contributed by atoms with Gasteiger partial charge in [0.25, 0.3) is 6.30 Å². The van der Waals surface area contributed by atoms with E-state index in [0.717, 1.165) is 4.68 Å². The van der Waals surface area contributed by atoms with Crippen LogP contribution in [0, 0.1) is 0 Å². The van der Waals surface area contributed by atoms with Gasteiger partial charge in [-0.1, -0.05) is 30.3 Å². The highest BCUT2D eigenvalue weighted by atomic mass is 19.1. The van der Waals surface area contributed by atoms with Gasteiger partial charge < -0.3 is 0 Å². The topological polar surface area (TPSA) is 47.8 Å². The number of hydrogen-bond donors (Lipinski definition) is 0. The second-order valence-electron chi connectivity index (χ2n) is 2.94. The lowest BCUT2D eigenvalue weighted by molar-refractivity contribution is 0.0779. The summed E-state index contributed by atoms with van der Waals surface area (Å²) in [6, 6.07) is 8.25. The number of alkyl halides is 1. The van der Waals surface area contributed by atoms with E-state index in [9.17, 15) is 9.18 Å². The van der Waals surface area contributed by atoms with Crippen molar-refractivity contribution in [3.05, 3.63) is 48.5 Å². The standard InChI is InChI=1S/C10H8FN3O/c11-10(14-7-12-6-13-14)9(15)8-4-2-1-3-5-8/h1-7,10H. The van der Waals surface area contributed by atoms with Crippen molar-refractivity contribution in [2.45, 2.75) is 6.30 Å². The quantitative estimate of drug-likeness (QED) is 0.715. The van der Waals surface area contributed by atoms with Crippen LogP contribution in [-0.4, -0.2) is 20.5 Å². The van der Waals surface area contributed by atoms with E-state index in [0.29, 0.717) is 5.56 Å². The molecule has 0 spiro atoms. The smallest absolute Gasteiger partial charge is 0.255 e. The van der Waals surface area contributed by atoms with E-state index in [1.165, 1.54) is 12.7 Å². The van der Waals surface area contributed by atoms with Gasteiger partial charge in [0.05, 0.1) is 0 Å². The molecule has 0 radical (unpaired) electrons. The molecular weight excluding hydrogens is 197 g/mol. The molecule has 1 aromatic heterocycles. The summed E-state index contributed by atoms with van der Waals surface area (Å²) < 4.78 is 14.4. The molecule has 1 unspecified atom stereocenters. The Morgan fingerprint density at radius 2 is 2.07 bits per heavy atom. The zero-order chi connectivity index (χ0) is 10.7. The van der Waals surface area contributed by atoms with Gasteiger partial charge in [-0.25, -0.2) is 14.1 Å². The molecular formula is C10H8FN3O. The van der Waals surface area contributed by atoms with Gasteiger partial charge in [-0.2, -0.15) is 5.10 Å². The molecule has 1 aromatic carbocycles. The fourth-order valence-corrected chi connectivity index (χ4v) is 1.19. The Morgan fingerprint density at radius 3 is 2.67 bits per heavy atom. The zero-order valence-electron chi connectivity index (χ0n) is 7.75. The third-order valence-corrected chi connectivity index (χ3v) is 1.94. The first kappa shape index (κ1) is 9.51. The number of benzene rings is 1. The second kappa shape index (κ2) is 4.00. The van der Waals surface area contributed by atoms with E-state index in [1.54, 1.807) is 30.3 Å². The molecule has 15 heavy (non-hydrogen) atoms. The van der Waals surface area contributed by atoms with Crippen molar-refractivity contribution in [2.75, 3.05) is 0 Å². The number of Topliss-reactive ketones (excluding diaryl/α,β-unsaturated/α-hetero) is 1. The number of aromatic nitrogens is 3. The van der Waals surface area contributed by atoms with Gasteiger partial charge >= 0.3 is 0 Å². The molecule has 0 aliphatic carbocycles. The highest BCUT2D eigenvalue weighted by Gasteiger charge is 2.20. The van der Waals surface area contributed by atoms with Crippen molar-refractivity contribution in [2.24, 2.45) is 0 Å². The molecule has 1 heterocycles. The van der Waals surface area contributed by atoms with E-state index >= 15 is 0 Å². The molecule has 4 nitrogen and oxygen atoms in total. The first-order valence-electron chi connectivity index (χ1n) is 4.36. The maximum absolute atomic E-state index is 13.6. The molecule has 0 amide bonds. The molecule has 0 fully saturated rings. The summed E-state index contributed by atoms with van der Waals surface area (Å²) in [5.74, 6) is -0.624. The van der Waals surface area contributed by atoms with E-state index in [1.807, 2.05) is 0 Å². The maximum atomic E-state index is 13.6. The average molecular weight is 205 g/mol. The number of nitrogens with zero attached hydrogens (tertiary/aromatic N) is 3. The third-order valence-electron chi connectivity index (χ3n) is 1.94. The Bertz CT molecular complexity index is 441. The molecule has 1 atom stereocenters. The lowest BCUT2D eigenvalue weighted by Crippen LogP contribution is -2.15. The molecule has 2 rings (SSSR count). The number of hydrogen-bond acceptors (Lipinski definition) is 3. The lowest BCUT2D eigenvalue weighted by atomic mass is 10.1. The van der Waals surface area contributed by atoms with Crippen LogP contribution in [0.5, 0.6) is 0 Å². The minimum absolute atomic E-state index is 0.320. The van der Waals surface area contributed by atoms with Gasteiger partial charge in [0, 0.05) is 5.56 Å². The Balaban J connectivity index is 2.23. The van der Waals surface area contributed by atoms with E-state index in [2.05, 4.69) is 10.1 Å². The largest absolute Gasteiger partial charge is 0.289 e. The molecule has 2 aromatic rings. The Labute approximate surface area is 85.4 Å².